The minimum absolute atomic E-state index is 0.0694. The first kappa shape index (κ1) is 7.91. The molecule has 0 atom stereocenters. The molecule has 1 heterocycles. The lowest BCUT2D eigenvalue weighted by molar-refractivity contribution is 0.415. The molecular formula is C7H12N2O2. The monoisotopic (exact) mass is 156 g/mol. The van der Waals surface area contributed by atoms with Gasteiger partial charge < -0.3 is 5.11 Å². The molecule has 0 spiro atoms. The van der Waals surface area contributed by atoms with Crippen LogP contribution in [0.25, 0.3) is 0 Å². The second kappa shape index (κ2) is 2.45. The number of aromatic nitrogens is 2. The quantitative estimate of drug-likeness (QED) is 0.632. The molecule has 0 aliphatic rings. The van der Waals surface area contributed by atoms with Crippen LogP contribution in [-0.2, 0) is 13.6 Å². The molecule has 0 unspecified atom stereocenters. The molecule has 0 saturated carbocycles. The van der Waals surface area contributed by atoms with E-state index >= 15 is 0 Å². The number of hydrogen-bond donors (Lipinski definition) is 1. The van der Waals surface area contributed by atoms with Crippen LogP contribution >= 0.6 is 0 Å². The normalized spacial score (nSPS) is 10.5. The highest BCUT2D eigenvalue weighted by Gasteiger charge is 2.10. The Hall–Kier alpha value is -1.19. The van der Waals surface area contributed by atoms with Crippen LogP contribution in [0, 0.1) is 6.92 Å². The lowest BCUT2D eigenvalue weighted by Crippen LogP contribution is -2.21. The highest BCUT2D eigenvalue weighted by Crippen LogP contribution is 2.11. The van der Waals surface area contributed by atoms with E-state index in [1.165, 1.54) is 9.13 Å². The van der Waals surface area contributed by atoms with Crippen LogP contribution in [0.3, 0.4) is 0 Å². The topological polar surface area (TPSA) is 47.2 Å². The van der Waals surface area contributed by atoms with E-state index in [2.05, 4.69) is 0 Å². The molecule has 0 fully saturated rings. The largest absolute Gasteiger partial charge is 0.493 e. The second-order valence-electron chi connectivity index (χ2n) is 2.49. The first-order valence-corrected chi connectivity index (χ1v) is 3.54. The van der Waals surface area contributed by atoms with Crippen LogP contribution in [0.15, 0.2) is 4.79 Å². The molecule has 0 amide bonds. The van der Waals surface area contributed by atoms with Crippen molar-refractivity contribution in [2.24, 2.45) is 7.05 Å². The van der Waals surface area contributed by atoms with Crippen LogP contribution in [0.4, 0.5) is 0 Å². The van der Waals surface area contributed by atoms with Crippen molar-refractivity contribution in [1.29, 1.82) is 0 Å². The summed E-state index contributed by atoms with van der Waals surface area (Å²) in [6, 6.07) is 0. The van der Waals surface area contributed by atoms with Crippen molar-refractivity contribution < 1.29 is 5.11 Å². The zero-order chi connectivity index (χ0) is 8.59. The number of nitrogens with zero attached hydrogens (tertiary/aromatic N) is 2. The smallest absolute Gasteiger partial charge is 0.330 e. The summed E-state index contributed by atoms with van der Waals surface area (Å²) in [5.74, 6) is 0.0694. The Morgan fingerprint density at radius 2 is 2.09 bits per heavy atom. The van der Waals surface area contributed by atoms with Crippen molar-refractivity contribution in [3.63, 3.8) is 0 Å². The third-order valence-corrected chi connectivity index (χ3v) is 1.92. The fourth-order valence-electron chi connectivity index (χ4n) is 1.05. The predicted octanol–water partition coefficient (Wildman–Crippen LogP) is 0.221. The van der Waals surface area contributed by atoms with Gasteiger partial charge >= 0.3 is 5.69 Å². The summed E-state index contributed by atoms with van der Waals surface area (Å²) in [6.45, 7) is 4.04. The van der Waals surface area contributed by atoms with E-state index in [9.17, 15) is 9.90 Å². The molecule has 0 aliphatic heterocycles. The van der Waals surface area contributed by atoms with E-state index in [0.717, 1.165) is 0 Å². The van der Waals surface area contributed by atoms with E-state index in [4.69, 9.17) is 0 Å². The summed E-state index contributed by atoms with van der Waals surface area (Å²) < 4.78 is 2.76. The van der Waals surface area contributed by atoms with Crippen molar-refractivity contribution in [2.75, 3.05) is 0 Å². The third kappa shape index (κ3) is 0.943. The first-order valence-electron chi connectivity index (χ1n) is 3.54. The maximum atomic E-state index is 11.2. The Kier molecular flexibility index (Phi) is 1.76. The summed E-state index contributed by atoms with van der Waals surface area (Å²) >= 11 is 0. The number of aromatic hydroxyl groups is 1. The van der Waals surface area contributed by atoms with E-state index in [1.807, 2.05) is 6.92 Å². The van der Waals surface area contributed by atoms with Crippen molar-refractivity contribution >= 4 is 0 Å². The molecule has 62 valence electrons. The maximum absolute atomic E-state index is 11.2. The Balaban J connectivity index is 3.49. The van der Waals surface area contributed by atoms with Gasteiger partial charge in [0.05, 0.1) is 5.69 Å². The summed E-state index contributed by atoms with van der Waals surface area (Å²) in [5, 5.41) is 9.34. The summed E-state index contributed by atoms with van der Waals surface area (Å²) in [4.78, 5) is 11.2. The molecule has 0 bridgehead atoms. The molecule has 4 heteroatoms. The Bertz CT molecular complexity index is 322. The first-order chi connectivity index (χ1) is 5.09. The highest BCUT2D eigenvalue weighted by molar-refractivity contribution is 5.17. The van der Waals surface area contributed by atoms with Gasteiger partial charge in [-0.2, -0.15) is 0 Å². The van der Waals surface area contributed by atoms with Crippen molar-refractivity contribution in [3.05, 3.63) is 16.2 Å². The third-order valence-electron chi connectivity index (χ3n) is 1.92. The zero-order valence-corrected chi connectivity index (χ0v) is 6.96. The van der Waals surface area contributed by atoms with Gasteiger partial charge in [-0.1, -0.05) is 0 Å². The Morgan fingerprint density at radius 3 is 2.27 bits per heavy atom. The average molecular weight is 156 g/mol. The lowest BCUT2D eigenvalue weighted by atomic mass is 10.5. The van der Waals surface area contributed by atoms with Gasteiger partial charge in [-0.05, 0) is 13.8 Å². The van der Waals surface area contributed by atoms with Crippen LogP contribution in [-0.4, -0.2) is 14.2 Å². The summed E-state index contributed by atoms with van der Waals surface area (Å²) in [6.07, 6.45) is 0. The maximum Gasteiger partial charge on any atom is 0.330 e. The highest BCUT2D eigenvalue weighted by atomic mass is 16.3. The van der Waals surface area contributed by atoms with Gasteiger partial charge in [-0.25, -0.2) is 4.79 Å². The number of imidazole rings is 1. The standard InChI is InChI=1S/C7H12N2O2/c1-4-9-6(10)5(2)8(3)7(9)11/h10H,4H2,1-3H3. The fraction of sp³-hybridized carbons (Fsp3) is 0.571. The van der Waals surface area contributed by atoms with Gasteiger partial charge in [0.2, 0.25) is 5.88 Å². The van der Waals surface area contributed by atoms with Gasteiger partial charge in [0.15, 0.2) is 0 Å². The summed E-state index contributed by atoms with van der Waals surface area (Å²) in [5.41, 5.74) is 0.444. The lowest BCUT2D eigenvalue weighted by Gasteiger charge is -1.94. The minimum atomic E-state index is -0.164. The predicted molar refractivity (Wildman–Crippen MR) is 41.7 cm³/mol. The van der Waals surface area contributed by atoms with Gasteiger partial charge in [0, 0.05) is 13.6 Å². The SMILES string of the molecule is CCn1c(O)c(C)n(C)c1=O. The average Bonchev–Trinajstić information content (AvgIpc) is 2.17. The Labute approximate surface area is 64.7 Å². The van der Waals surface area contributed by atoms with Crippen LogP contribution in [0.5, 0.6) is 5.88 Å². The van der Waals surface area contributed by atoms with Crippen LogP contribution < -0.4 is 5.69 Å². The molecule has 1 rings (SSSR count). The molecule has 0 radical (unpaired) electrons. The number of rotatable bonds is 1. The van der Waals surface area contributed by atoms with E-state index in [1.54, 1.807) is 14.0 Å². The molecule has 4 nitrogen and oxygen atoms in total. The molecular weight excluding hydrogens is 144 g/mol. The van der Waals surface area contributed by atoms with E-state index in [-0.39, 0.29) is 11.6 Å². The molecule has 1 aromatic heterocycles. The summed E-state index contributed by atoms with van der Waals surface area (Å²) in [7, 11) is 1.64. The van der Waals surface area contributed by atoms with E-state index in [0.29, 0.717) is 12.2 Å². The van der Waals surface area contributed by atoms with Crippen molar-refractivity contribution in [2.45, 2.75) is 20.4 Å². The molecule has 0 aliphatic carbocycles. The second-order valence-corrected chi connectivity index (χ2v) is 2.49. The minimum Gasteiger partial charge on any atom is -0.493 e. The Morgan fingerprint density at radius 1 is 1.55 bits per heavy atom. The van der Waals surface area contributed by atoms with Gasteiger partial charge in [-0.3, -0.25) is 9.13 Å². The molecule has 11 heavy (non-hydrogen) atoms. The van der Waals surface area contributed by atoms with Crippen LogP contribution in [0.2, 0.25) is 0 Å². The molecule has 0 saturated heterocycles. The van der Waals surface area contributed by atoms with Gasteiger partial charge in [0.1, 0.15) is 0 Å². The van der Waals surface area contributed by atoms with E-state index < -0.39 is 0 Å². The van der Waals surface area contributed by atoms with Crippen LogP contribution in [0.1, 0.15) is 12.6 Å². The zero-order valence-electron chi connectivity index (χ0n) is 6.96. The molecule has 0 aromatic carbocycles. The molecule has 1 N–H and O–H groups in total. The fourth-order valence-corrected chi connectivity index (χ4v) is 1.05. The van der Waals surface area contributed by atoms with Gasteiger partial charge in [0.25, 0.3) is 0 Å². The van der Waals surface area contributed by atoms with Gasteiger partial charge in [-0.15, -0.1) is 0 Å². The van der Waals surface area contributed by atoms with Crippen molar-refractivity contribution in [3.8, 4) is 5.88 Å². The molecule has 1 aromatic rings. The van der Waals surface area contributed by atoms with Crippen molar-refractivity contribution in [1.82, 2.24) is 9.13 Å². The number of hydrogen-bond acceptors (Lipinski definition) is 2.